The van der Waals surface area contributed by atoms with Crippen molar-refractivity contribution in [1.82, 2.24) is 5.32 Å². The Bertz CT molecular complexity index is 506. The predicted octanol–water partition coefficient (Wildman–Crippen LogP) is 3.17. The van der Waals surface area contributed by atoms with E-state index in [-0.39, 0.29) is 28.5 Å². The molecule has 2 unspecified atom stereocenters. The third-order valence-electron chi connectivity index (χ3n) is 3.95. The molecule has 0 saturated heterocycles. The second-order valence-electron chi connectivity index (χ2n) is 5.77. The molecule has 2 rings (SSSR count). The van der Waals surface area contributed by atoms with Gasteiger partial charge in [-0.15, -0.1) is 0 Å². The summed E-state index contributed by atoms with van der Waals surface area (Å²) in [6.45, 7) is 2.19. The molecule has 1 aliphatic rings. The van der Waals surface area contributed by atoms with E-state index in [1.54, 1.807) is 0 Å². The number of rotatable bonds is 3. The van der Waals surface area contributed by atoms with Crippen LogP contribution in [-0.2, 0) is 0 Å². The van der Waals surface area contributed by atoms with Gasteiger partial charge in [0.1, 0.15) is 11.5 Å². The monoisotopic (exact) mass is 341 g/mol. The van der Waals surface area contributed by atoms with Crippen LogP contribution in [0.4, 0.5) is 0 Å². The molecule has 3 N–H and O–H groups in total. The lowest BCUT2D eigenvalue weighted by atomic mass is 9.77. The fourth-order valence-electron chi connectivity index (χ4n) is 2.94. The number of alkyl halides is 1. The smallest absolute Gasteiger partial charge is 0.255 e. The van der Waals surface area contributed by atoms with Gasteiger partial charge in [0.2, 0.25) is 0 Å². The van der Waals surface area contributed by atoms with E-state index in [1.807, 2.05) is 0 Å². The minimum atomic E-state index is -0.341. The summed E-state index contributed by atoms with van der Waals surface area (Å²) in [6.07, 6.45) is 4.11. The van der Waals surface area contributed by atoms with Crippen LogP contribution in [-0.4, -0.2) is 27.0 Å². The van der Waals surface area contributed by atoms with Crippen molar-refractivity contribution in [2.45, 2.75) is 38.1 Å². The normalized spacial score (nSPS) is 26.2. The highest BCUT2D eigenvalue weighted by Gasteiger charge is 2.36. The van der Waals surface area contributed by atoms with Crippen molar-refractivity contribution < 1.29 is 15.0 Å². The minimum absolute atomic E-state index is 0.0298. The topological polar surface area (TPSA) is 69.6 Å². The maximum atomic E-state index is 12.4. The zero-order valence-electron chi connectivity index (χ0n) is 11.5. The van der Waals surface area contributed by atoms with Crippen LogP contribution in [0, 0.1) is 5.92 Å². The lowest BCUT2D eigenvalue weighted by Crippen LogP contribution is -2.52. The van der Waals surface area contributed by atoms with E-state index in [4.69, 9.17) is 0 Å². The van der Waals surface area contributed by atoms with E-state index >= 15 is 0 Å². The number of hydrogen-bond acceptors (Lipinski definition) is 3. The number of aromatic hydroxyl groups is 2. The number of amides is 1. The Kier molecular flexibility index (Phi) is 4.58. The Morgan fingerprint density at radius 2 is 2.25 bits per heavy atom. The molecule has 1 aliphatic carbocycles. The molecule has 2 atom stereocenters. The molecule has 1 fully saturated rings. The summed E-state index contributed by atoms with van der Waals surface area (Å²) in [5.74, 6) is 0.0815. The van der Waals surface area contributed by atoms with Crippen LogP contribution in [0.1, 0.15) is 43.0 Å². The molecule has 1 amide bonds. The largest absolute Gasteiger partial charge is 0.508 e. The Labute approximate surface area is 127 Å². The van der Waals surface area contributed by atoms with Gasteiger partial charge >= 0.3 is 0 Å². The summed E-state index contributed by atoms with van der Waals surface area (Å²) < 4.78 is 0. The Morgan fingerprint density at radius 1 is 1.50 bits per heavy atom. The van der Waals surface area contributed by atoms with Crippen molar-refractivity contribution in [3.05, 3.63) is 23.8 Å². The number of carbonyl (C=O) groups is 1. The second-order valence-corrected chi connectivity index (χ2v) is 6.33. The summed E-state index contributed by atoms with van der Waals surface area (Å²) in [7, 11) is 0. The van der Waals surface area contributed by atoms with Gasteiger partial charge in [-0.25, -0.2) is 0 Å². The van der Waals surface area contributed by atoms with Gasteiger partial charge in [-0.05, 0) is 37.0 Å². The number of halogens is 1. The number of nitrogens with one attached hydrogen (secondary N) is 1. The third kappa shape index (κ3) is 3.26. The van der Waals surface area contributed by atoms with Crippen molar-refractivity contribution >= 4 is 21.8 Å². The van der Waals surface area contributed by atoms with Crippen LogP contribution >= 0.6 is 15.9 Å². The number of carbonyl (C=O) groups excluding carboxylic acids is 1. The molecular formula is C15H20BrNO3. The first-order chi connectivity index (χ1) is 9.46. The molecular weight excluding hydrogens is 322 g/mol. The maximum absolute atomic E-state index is 12.4. The lowest BCUT2D eigenvalue weighted by molar-refractivity contribution is 0.0866. The van der Waals surface area contributed by atoms with Crippen LogP contribution in [0.15, 0.2) is 18.2 Å². The van der Waals surface area contributed by atoms with E-state index < -0.39 is 0 Å². The van der Waals surface area contributed by atoms with Crippen LogP contribution in [0.2, 0.25) is 0 Å². The number of hydrogen-bond donors (Lipinski definition) is 3. The molecule has 1 aromatic rings. The van der Waals surface area contributed by atoms with Crippen molar-refractivity contribution in [2.24, 2.45) is 5.92 Å². The van der Waals surface area contributed by atoms with Crippen molar-refractivity contribution in [3.8, 4) is 11.5 Å². The van der Waals surface area contributed by atoms with Crippen LogP contribution in [0.5, 0.6) is 11.5 Å². The minimum Gasteiger partial charge on any atom is -0.508 e. The van der Waals surface area contributed by atoms with Crippen molar-refractivity contribution in [3.63, 3.8) is 0 Å². The number of phenols is 2. The van der Waals surface area contributed by atoms with Crippen LogP contribution < -0.4 is 5.32 Å². The molecule has 4 nitrogen and oxygen atoms in total. The molecule has 0 bridgehead atoms. The van der Waals surface area contributed by atoms with Crippen molar-refractivity contribution in [1.29, 1.82) is 0 Å². The fourth-order valence-corrected chi connectivity index (χ4v) is 3.59. The maximum Gasteiger partial charge on any atom is 0.255 e. The molecule has 0 aliphatic heterocycles. The van der Waals surface area contributed by atoms with E-state index in [2.05, 4.69) is 28.2 Å². The second kappa shape index (κ2) is 6.04. The van der Waals surface area contributed by atoms with Gasteiger partial charge in [0, 0.05) is 5.33 Å². The van der Waals surface area contributed by atoms with Gasteiger partial charge in [-0.3, -0.25) is 4.79 Å². The third-order valence-corrected chi connectivity index (χ3v) is 5.02. The molecule has 0 heterocycles. The van der Waals surface area contributed by atoms with Gasteiger partial charge in [-0.2, -0.15) is 0 Å². The van der Waals surface area contributed by atoms with Crippen LogP contribution in [0.3, 0.4) is 0 Å². The average Bonchev–Trinajstić information content (AvgIpc) is 2.41. The molecule has 0 spiro atoms. The van der Waals surface area contributed by atoms with Gasteiger partial charge < -0.3 is 15.5 Å². The molecule has 5 heteroatoms. The van der Waals surface area contributed by atoms with E-state index in [9.17, 15) is 15.0 Å². The Balaban J connectivity index is 2.19. The summed E-state index contributed by atoms with van der Waals surface area (Å²) in [5, 5.41) is 22.9. The van der Waals surface area contributed by atoms with Crippen LogP contribution in [0.25, 0.3) is 0 Å². The highest BCUT2D eigenvalue weighted by molar-refractivity contribution is 9.09. The Morgan fingerprint density at radius 3 is 2.90 bits per heavy atom. The molecule has 110 valence electrons. The zero-order chi connectivity index (χ0) is 14.8. The molecule has 20 heavy (non-hydrogen) atoms. The fraction of sp³-hybridized carbons (Fsp3) is 0.533. The molecule has 1 saturated carbocycles. The summed E-state index contributed by atoms with van der Waals surface area (Å²) in [5.41, 5.74) is -0.157. The summed E-state index contributed by atoms with van der Waals surface area (Å²) in [4.78, 5) is 12.4. The summed E-state index contributed by atoms with van der Waals surface area (Å²) >= 11 is 3.50. The van der Waals surface area contributed by atoms with Gasteiger partial charge in [0.25, 0.3) is 5.91 Å². The van der Waals surface area contributed by atoms with Gasteiger partial charge in [0.15, 0.2) is 0 Å². The SMILES string of the molecule is CC1CCCC(CBr)(NC(=O)c2cc(O)ccc2O)C1. The zero-order valence-corrected chi connectivity index (χ0v) is 13.1. The lowest BCUT2D eigenvalue weighted by Gasteiger charge is -2.39. The highest BCUT2D eigenvalue weighted by atomic mass is 79.9. The number of benzene rings is 1. The molecule has 0 aromatic heterocycles. The van der Waals surface area contributed by atoms with Crippen molar-refractivity contribution in [2.75, 3.05) is 5.33 Å². The van der Waals surface area contributed by atoms with Gasteiger partial charge in [-0.1, -0.05) is 35.7 Å². The molecule has 1 aromatic carbocycles. The average molecular weight is 342 g/mol. The summed E-state index contributed by atoms with van der Waals surface area (Å²) in [6, 6.07) is 3.97. The first-order valence-electron chi connectivity index (χ1n) is 6.86. The standard InChI is InChI=1S/C15H20BrNO3/c1-10-3-2-6-15(8-10,9-16)17-14(20)12-7-11(18)4-5-13(12)19/h4-5,7,10,18-19H,2-3,6,8-9H2,1H3,(H,17,20). The van der Waals surface area contributed by atoms with E-state index in [1.165, 1.54) is 24.6 Å². The van der Waals surface area contributed by atoms with Gasteiger partial charge in [0.05, 0.1) is 11.1 Å². The quantitative estimate of drug-likeness (QED) is 0.584. The van der Waals surface area contributed by atoms with E-state index in [0.29, 0.717) is 11.2 Å². The first kappa shape index (κ1) is 15.2. The number of phenolic OH excluding ortho intramolecular Hbond substituents is 2. The first-order valence-corrected chi connectivity index (χ1v) is 7.98. The molecule has 0 radical (unpaired) electrons. The predicted molar refractivity (Wildman–Crippen MR) is 81.4 cm³/mol. The van der Waals surface area contributed by atoms with E-state index in [0.717, 1.165) is 19.3 Å². The Hall–Kier alpha value is -1.23. The highest BCUT2D eigenvalue weighted by Crippen LogP contribution is 2.34.